The molecular weight excluding hydrogens is 394 g/mol. The van der Waals surface area contributed by atoms with Gasteiger partial charge in [0, 0.05) is 30.5 Å². The first-order valence-corrected chi connectivity index (χ1v) is 10.3. The largest absolute Gasteiger partial charge is 0.392 e. The van der Waals surface area contributed by atoms with Gasteiger partial charge in [-0.1, -0.05) is 6.07 Å². The van der Waals surface area contributed by atoms with Crippen molar-refractivity contribution in [1.82, 2.24) is 24.5 Å². The van der Waals surface area contributed by atoms with Crippen LogP contribution in [0.15, 0.2) is 59.8 Å². The molecule has 4 aromatic rings. The molecule has 0 amide bonds. The molecule has 0 aromatic carbocycles. The minimum Gasteiger partial charge on any atom is -0.392 e. The maximum atomic E-state index is 11.9. The van der Waals surface area contributed by atoms with Gasteiger partial charge in [-0.3, -0.25) is 9.36 Å². The molecule has 0 spiro atoms. The van der Waals surface area contributed by atoms with Crippen molar-refractivity contribution < 1.29 is 5.11 Å². The average molecular weight is 417 g/mol. The fourth-order valence-electron chi connectivity index (χ4n) is 4.00. The number of imidazole rings is 1. The summed E-state index contributed by atoms with van der Waals surface area (Å²) in [6, 6.07) is 11.3. The van der Waals surface area contributed by atoms with E-state index in [-0.39, 0.29) is 18.2 Å². The van der Waals surface area contributed by atoms with Crippen molar-refractivity contribution in [2.75, 3.05) is 10.6 Å². The van der Waals surface area contributed by atoms with Gasteiger partial charge in [-0.2, -0.15) is 4.98 Å². The highest BCUT2D eigenvalue weighted by Gasteiger charge is 2.25. The molecule has 0 bridgehead atoms. The van der Waals surface area contributed by atoms with Gasteiger partial charge in [0.25, 0.3) is 5.56 Å². The minimum absolute atomic E-state index is 0.0439. The van der Waals surface area contributed by atoms with Gasteiger partial charge in [0.2, 0.25) is 5.95 Å². The molecule has 5 rings (SSSR count). The number of nitrogens with zero attached hydrogens (tertiary/aromatic N) is 4. The third-order valence-corrected chi connectivity index (χ3v) is 5.55. The van der Waals surface area contributed by atoms with Crippen LogP contribution >= 0.6 is 0 Å². The number of rotatable bonds is 6. The lowest BCUT2D eigenvalue weighted by atomic mass is 10.2. The Bertz CT molecular complexity index is 1250. The molecule has 31 heavy (non-hydrogen) atoms. The van der Waals surface area contributed by atoms with Crippen LogP contribution in [0.5, 0.6) is 0 Å². The third kappa shape index (κ3) is 4.13. The van der Waals surface area contributed by atoms with Gasteiger partial charge < -0.3 is 20.7 Å². The van der Waals surface area contributed by atoms with Crippen LogP contribution in [0, 0.1) is 0 Å². The van der Waals surface area contributed by atoms with Crippen LogP contribution in [0.4, 0.5) is 11.8 Å². The van der Waals surface area contributed by atoms with Crippen LogP contribution in [0.2, 0.25) is 0 Å². The van der Waals surface area contributed by atoms with Crippen LogP contribution in [0.3, 0.4) is 0 Å². The van der Waals surface area contributed by atoms with E-state index in [4.69, 9.17) is 0 Å². The number of aromatic nitrogens is 5. The Kier molecular flexibility index (Phi) is 5.09. The molecule has 1 saturated carbocycles. The number of H-pyrrole nitrogens is 1. The van der Waals surface area contributed by atoms with E-state index < -0.39 is 0 Å². The highest BCUT2D eigenvalue weighted by Crippen LogP contribution is 2.25. The SMILES string of the molecule is O=c1ccccn1-c1ccc(N[C@H]2CC[C@H](Nc3nc4ncc(CO)cc4[nH]3)C2)nc1. The molecule has 0 aliphatic heterocycles. The standard InChI is InChI=1S/C22H23N7O2/c30-13-14-9-18-21(24-11-14)28-22(27-18)26-16-5-4-15(10-16)25-19-7-6-17(12-23-19)29-8-2-1-3-20(29)31/h1-3,6-9,11-12,15-16,30H,4-5,10,13H2,(H,23,25)(H2,24,26,27,28)/t15-,16-/m0/s1. The van der Waals surface area contributed by atoms with Gasteiger partial charge >= 0.3 is 0 Å². The molecule has 9 heteroatoms. The van der Waals surface area contributed by atoms with Crippen molar-refractivity contribution in [3.8, 4) is 5.69 Å². The van der Waals surface area contributed by atoms with E-state index in [1.807, 2.05) is 24.3 Å². The maximum Gasteiger partial charge on any atom is 0.255 e. The summed E-state index contributed by atoms with van der Waals surface area (Å²) in [5.41, 5.74) is 2.86. The molecule has 4 aromatic heterocycles. The van der Waals surface area contributed by atoms with Crippen LogP contribution in [0.25, 0.3) is 16.9 Å². The zero-order valence-electron chi connectivity index (χ0n) is 16.8. The summed E-state index contributed by atoms with van der Waals surface area (Å²) in [5.74, 6) is 1.49. The van der Waals surface area contributed by atoms with Gasteiger partial charge in [-0.25, -0.2) is 9.97 Å². The predicted molar refractivity (Wildman–Crippen MR) is 118 cm³/mol. The smallest absolute Gasteiger partial charge is 0.255 e. The van der Waals surface area contributed by atoms with E-state index in [0.717, 1.165) is 41.8 Å². The van der Waals surface area contributed by atoms with Crippen LogP contribution in [-0.4, -0.2) is 41.7 Å². The van der Waals surface area contributed by atoms with Gasteiger partial charge in [0.1, 0.15) is 5.82 Å². The van der Waals surface area contributed by atoms with E-state index in [0.29, 0.717) is 17.6 Å². The van der Waals surface area contributed by atoms with Crippen molar-refractivity contribution in [3.63, 3.8) is 0 Å². The Balaban J connectivity index is 1.20. The number of nitrogens with one attached hydrogen (secondary N) is 3. The second kappa shape index (κ2) is 8.19. The Morgan fingerprint density at radius 1 is 1.10 bits per heavy atom. The summed E-state index contributed by atoms with van der Waals surface area (Å²) in [7, 11) is 0. The van der Waals surface area contributed by atoms with Crippen molar-refractivity contribution >= 4 is 22.9 Å². The summed E-state index contributed by atoms with van der Waals surface area (Å²) in [5, 5.41) is 16.2. The molecule has 0 unspecified atom stereocenters. The van der Waals surface area contributed by atoms with Gasteiger partial charge in [-0.05, 0) is 49.1 Å². The van der Waals surface area contributed by atoms with Crippen molar-refractivity contribution in [2.24, 2.45) is 0 Å². The number of aliphatic hydroxyl groups is 1. The molecule has 1 aliphatic carbocycles. The van der Waals surface area contributed by atoms with Crippen molar-refractivity contribution in [2.45, 2.75) is 38.0 Å². The molecular formula is C22H23N7O2. The normalized spacial score (nSPS) is 18.4. The van der Waals surface area contributed by atoms with Crippen LogP contribution in [0.1, 0.15) is 24.8 Å². The fraction of sp³-hybridized carbons (Fsp3) is 0.273. The number of anilines is 2. The number of aliphatic hydroxyl groups excluding tert-OH is 1. The topological polar surface area (TPSA) is 121 Å². The van der Waals surface area contributed by atoms with E-state index in [9.17, 15) is 9.90 Å². The lowest BCUT2D eigenvalue weighted by molar-refractivity contribution is 0.281. The van der Waals surface area contributed by atoms with Gasteiger partial charge in [0.05, 0.1) is 24.0 Å². The van der Waals surface area contributed by atoms with E-state index in [2.05, 4.69) is 30.6 Å². The molecule has 158 valence electrons. The lowest BCUT2D eigenvalue weighted by Gasteiger charge is -2.15. The van der Waals surface area contributed by atoms with Crippen molar-refractivity contribution in [3.05, 3.63) is 70.9 Å². The number of hydrogen-bond donors (Lipinski definition) is 4. The first kappa shape index (κ1) is 19.3. The van der Waals surface area contributed by atoms with Gasteiger partial charge in [0.15, 0.2) is 5.65 Å². The fourth-order valence-corrected chi connectivity index (χ4v) is 4.00. The summed E-state index contributed by atoms with van der Waals surface area (Å²) in [4.78, 5) is 28.4. The third-order valence-electron chi connectivity index (χ3n) is 5.55. The summed E-state index contributed by atoms with van der Waals surface area (Å²) >= 11 is 0. The Morgan fingerprint density at radius 2 is 1.97 bits per heavy atom. The molecule has 4 heterocycles. The molecule has 0 saturated heterocycles. The first-order valence-electron chi connectivity index (χ1n) is 10.3. The average Bonchev–Trinajstić information content (AvgIpc) is 3.40. The Hall–Kier alpha value is -3.72. The Labute approximate surface area is 178 Å². The monoisotopic (exact) mass is 417 g/mol. The summed E-state index contributed by atoms with van der Waals surface area (Å²) in [6.45, 7) is -0.0439. The quantitative estimate of drug-likeness (QED) is 0.380. The number of hydrogen-bond acceptors (Lipinski definition) is 7. The molecule has 9 nitrogen and oxygen atoms in total. The van der Waals surface area contributed by atoms with E-state index in [1.54, 1.807) is 29.2 Å². The zero-order valence-corrected chi connectivity index (χ0v) is 16.8. The second-order valence-corrected chi connectivity index (χ2v) is 7.76. The molecule has 2 atom stereocenters. The van der Waals surface area contributed by atoms with E-state index in [1.165, 1.54) is 6.07 Å². The maximum absolute atomic E-state index is 11.9. The lowest BCUT2D eigenvalue weighted by Crippen LogP contribution is -2.21. The summed E-state index contributed by atoms with van der Waals surface area (Å²) in [6.07, 6.45) is 8.05. The van der Waals surface area contributed by atoms with Gasteiger partial charge in [-0.15, -0.1) is 0 Å². The highest BCUT2D eigenvalue weighted by molar-refractivity contribution is 5.73. The van der Waals surface area contributed by atoms with Crippen LogP contribution in [-0.2, 0) is 6.61 Å². The second-order valence-electron chi connectivity index (χ2n) is 7.76. The number of fused-ring (bicyclic) bond motifs is 1. The van der Waals surface area contributed by atoms with E-state index >= 15 is 0 Å². The van der Waals surface area contributed by atoms with Crippen LogP contribution < -0.4 is 16.2 Å². The molecule has 1 aliphatic rings. The number of aromatic amines is 1. The summed E-state index contributed by atoms with van der Waals surface area (Å²) < 4.78 is 1.57. The number of pyridine rings is 3. The Morgan fingerprint density at radius 3 is 2.74 bits per heavy atom. The molecule has 0 radical (unpaired) electrons. The first-order chi connectivity index (χ1) is 15.2. The molecule has 1 fully saturated rings. The predicted octanol–water partition coefficient (Wildman–Crippen LogP) is 2.44. The highest BCUT2D eigenvalue weighted by atomic mass is 16.3. The zero-order chi connectivity index (χ0) is 21.2. The molecule has 4 N–H and O–H groups in total. The minimum atomic E-state index is -0.0805. The van der Waals surface area contributed by atoms with Crippen molar-refractivity contribution in [1.29, 1.82) is 0 Å².